The maximum atomic E-state index is 11.9. The van der Waals surface area contributed by atoms with Crippen molar-refractivity contribution in [3.8, 4) is 6.07 Å². The van der Waals surface area contributed by atoms with E-state index in [-0.39, 0.29) is 5.78 Å². The first-order valence-corrected chi connectivity index (χ1v) is 4.69. The summed E-state index contributed by atoms with van der Waals surface area (Å²) in [5, 5.41) is 9.02. The number of carbonyl (C=O) groups excluding carboxylic acids is 1. The van der Waals surface area contributed by atoms with Crippen molar-refractivity contribution in [1.29, 1.82) is 5.26 Å². The Kier molecular flexibility index (Phi) is 2.79. The van der Waals surface area contributed by atoms with Gasteiger partial charge in [-0.1, -0.05) is 6.07 Å². The summed E-state index contributed by atoms with van der Waals surface area (Å²) >= 11 is 0. The van der Waals surface area contributed by atoms with Crippen LogP contribution in [0.25, 0.3) is 0 Å². The number of hydrogen-bond donors (Lipinski definition) is 0. The van der Waals surface area contributed by atoms with Gasteiger partial charge in [0, 0.05) is 12.4 Å². The number of rotatable bonds is 3. The molecular formula is C12H8N2O2. The van der Waals surface area contributed by atoms with E-state index in [1.807, 2.05) is 6.07 Å². The third kappa shape index (κ3) is 1.84. The van der Waals surface area contributed by atoms with Crippen molar-refractivity contribution >= 4 is 5.78 Å². The molecule has 2 heterocycles. The Labute approximate surface area is 92.2 Å². The fourth-order valence-corrected chi connectivity index (χ4v) is 1.40. The SMILES string of the molecule is N#CC(C(=O)c1ccoc1)c1cccnc1. The zero-order valence-electron chi connectivity index (χ0n) is 8.33. The molecule has 0 aromatic carbocycles. The van der Waals surface area contributed by atoms with Gasteiger partial charge in [-0.15, -0.1) is 0 Å². The maximum absolute atomic E-state index is 11.9. The molecule has 2 aromatic rings. The molecule has 0 radical (unpaired) electrons. The predicted octanol–water partition coefficient (Wildman–Crippen LogP) is 2.16. The zero-order chi connectivity index (χ0) is 11.4. The van der Waals surface area contributed by atoms with Crippen LogP contribution < -0.4 is 0 Å². The van der Waals surface area contributed by atoms with E-state index in [0.29, 0.717) is 11.1 Å². The zero-order valence-corrected chi connectivity index (χ0v) is 8.33. The van der Waals surface area contributed by atoms with Gasteiger partial charge in [-0.2, -0.15) is 5.26 Å². The van der Waals surface area contributed by atoms with Gasteiger partial charge >= 0.3 is 0 Å². The van der Waals surface area contributed by atoms with Crippen LogP contribution in [-0.4, -0.2) is 10.8 Å². The molecule has 0 aliphatic heterocycles. The number of ketones is 1. The van der Waals surface area contributed by atoms with Crippen LogP contribution >= 0.6 is 0 Å². The number of nitrogens with zero attached hydrogens (tertiary/aromatic N) is 2. The van der Waals surface area contributed by atoms with Crippen LogP contribution in [0.2, 0.25) is 0 Å². The minimum Gasteiger partial charge on any atom is -0.472 e. The van der Waals surface area contributed by atoms with Crippen LogP contribution in [0.1, 0.15) is 21.8 Å². The predicted molar refractivity (Wildman–Crippen MR) is 55.6 cm³/mol. The third-order valence-corrected chi connectivity index (χ3v) is 2.21. The number of pyridine rings is 1. The highest BCUT2D eigenvalue weighted by Crippen LogP contribution is 2.19. The Balaban J connectivity index is 2.32. The molecule has 0 aliphatic carbocycles. The van der Waals surface area contributed by atoms with Crippen molar-refractivity contribution in [2.45, 2.75) is 5.92 Å². The summed E-state index contributed by atoms with van der Waals surface area (Å²) in [6.07, 6.45) is 5.86. The van der Waals surface area contributed by atoms with Crippen LogP contribution in [0, 0.1) is 11.3 Å². The van der Waals surface area contributed by atoms with Crippen molar-refractivity contribution in [2.24, 2.45) is 0 Å². The van der Waals surface area contributed by atoms with Crippen LogP contribution in [0.4, 0.5) is 0 Å². The molecule has 0 spiro atoms. The van der Waals surface area contributed by atoms with Gasteiger partial charge in [0.15, 0.2) is 5.78 Å². The topological polar surface area (TPSA) is 66.9 Å². The van der Waals surface area contributed by atoms with Gasteiger partial charge in [0.2, 0.25) is 0 Å². The van der Waals surface area contributed by atoms with E-state index in [4.69, 9.17) is 9.68 Å². The van der Waals surface area contributed by atoms with E-state index in [1.54, 1.807) is 24.4 Å². The molecule has 2 rings (SSSR count). The van der Waals surface area contributed by atoms with Crippen molar-refractivity contribution < 1.29 is 9.21 Å². The second kappa shape index (κ2) is 4.41. The molecule has 0 fully saturated rings. The lowest BCUT2D eigenvalue weighted by atomic mass is 9.94. The van der Waals surface area contributed by atoms with Gasteiger partial charge in [0.1, 0.15) is 12.2 Å². The summed E-state index contributed by atoms with van der Waals surface area (Å²) in [4.78, 5) is 15.8. The van der Waals surface area contributed by atoms with Crippen LogP contribution in [0.15, 0.2) is 47.5 Å². The summed E-state index contributed by atoms with van der Waals surface area (Å²) in [6.45, 7) is 0. The first-order valence-electron chi connectivity index (χ1n) is 4.69. The second-order valence-corrected chi connectivity index (χ2v) is 3.22. The smallest absolute Gasteiger partial charge is 0.187 e. The quantitative estimate of drug-likeness (QED) is 0.731. The first kappa shape index (κ1) is 10.1. The number of Topliss-reactive ketones (excluding diaryl/α,β-unsaturated/α-hetero) is 1. The Morgan fingerprint density at radius 2 is 2.38 bits per heavy atom. The van der Waals surface area contributed by atoms with Crippen molar-refractivity contribution in [3.05, 3.63) is 54.2 Å². The van der Waals surface area contributed by atoms with Crippen LogP contribution in [-0.2, 0) is 0 Å². The molecule has 0 saturated carbocycles. The average molecular weight is 212 g/mol. The number of furan rings is 1. The molecular weight excluding hydrogens is 204 g/mol. The fraction of sp³-hybridized carbons (Fsp3) is 0.0833. The molecule has 1 atom stereocenters. The normalized spacial score (nSPS) is 11.7. The lowest BCUT2D eigenvalue weighted by molar-refractivity contribution is 0.0978. The lowest BCUT2D eigenvalue weighted by Crippen LogP contribution is -2.10. The second-order valence-electron chi connectivity index (χ2n) is 3.22. The summed E-state index contributed by atoms with van der Waals surface area (Å²) in [5.74, 6) is -1.10. The molecule has 0 saturated heterocycles. The molecule has 0 bridgehead atoms. The third-order valence-electron chi connectivity index (χ3n) is 2.21. The van der Waals surface area contributed by atoms with Gasteiger partial charge in [-0.05, 0) is 17.7 Å². The van der Waals surface area contributed by atoms with E-state index in [0.717, 1.165) is 0 Å². The highest BCUT2D eigenvalue weighted by atomic mass is 16.3. The highest BCUT2D eigenvalue weighted by molar-refractivity contribution is 6.02. The van der Waals surface area contributed by atoms with Crippen molar-refractivity contribution in [3.63, 3.8) is 0 Å². The Hall–Kier alpha value is -2.41. The first-order chi connectivity index (χ1) is 7.83. The summed E-state index contributed by atoms with van der Waals surface area (Å²) < 4.78 is 4.82. The minimum absolute atomic E-state index is 0.274. The number of hydrogen-bond acceptors (Lipinski definition) is 4. The van der Waals surface area contributed by atoms with Crippen LogP contribution in [0.3, 0.4) is 0 Å². The molecule has 2 aromatic heterocycles. The molecule has 0 N–H and O–H groups in total. The van der Waals surface area contributed by atoms with Gasteiger partial charge < -0.3 is 4.42 Å². The molecule has 16 heavy (non-hydrogen) atoms. The van der Waals surface area contributed by atoms with Gasteiger partial charge in [0.25, 0.3) is 0 Å². The molecule has 1 unspecified atom stereocenters. The summed E-state index contributed by atoms with van der Waals surface area (Å²) in [6, 6.07) is 6.92. The Morgan fingerprint density at radius 1 is 1.50 bits per heavy atom. The van der Waals surface area contributed by atoms with Gasteiger partial charge in [0.05, 0.1) is 17.9 Å². The number of nitriles is 1. The summed E-state index contributed by atoms with van der Waals surface area (Å²) in [5.41, 5.74) is 0.992. The Morgan fingerprint density at radius 3 is 2.94 bits per heavy atom. The van der Waals surface area contributed by atoms with E-state index >= 15 is 0 Å². The molecule has 4 heteroatoms. The minimum atomic E-state index is -0.828. The van der Waals surface area contributed by atoms with E-state index in [2.05, 4.69) is 4.98 Å². The van der Waals surface area contributed by atoms with E-state index < -0.39 is 5.92 Å². The monoisotopic (exact) mass is 212 g/mol. The van der Waals surface area contributed by atoms with Crippen LogP contribution in [0.5, 0.6) is 0 Å². The number of carbonyl (C=O) groups is 1. The fourth-order valence-electron chi connectivity index (χ4n) is 1.40. The van der Waals surface area contributed by atoms with E-state index in [9.17, 15) is 4.79 Å². The summed E-state index contributed by atoms with van der Waals surface area (Å²) in [7, 11) is 0. The Bertz CT molecular complexity index is 512. The molecule has 78 valence electrons. The largest absolute Gasteiger partial charge is 0.472 e. The molecule has 4 nitrogen and oxygen atoms in total. The standard InChI is InChI=1S/C12H8N2O2/c13-6-11(9-2-1-4-14-7-9)12(15)10-3-5-16-8-10/h1-5,7-8,11H. The van der Waals surface area contributed by atoms with E-state index in [1.165, 1.54) is 18.7 Å². The highest BCUT2D eigenvalue weighted by Gasteiger charge is 2.22. The number of aromatic nitrogens is 1. The van der Waals surface area contributed by atoms with Crippen molar-refractivity contribution in [1.82, 2.24) is 4.98 Å². The molecule has 0 aliphatic rings. The maximum Gasteiger partial charge on any atom is 0.187 e. The average Bonchev–Trinajstić information content (AvgIpc) is 2.85. The lowest BCUT2D eigenvalue weighted by Gasteiger charge is -2.05. The van der Waals surface area contributed by atoms with Crippen molar-refractivity contribution in [2.75, 3.05) is 0 Å². The van der Waals surface area contributed by atoms with Gasteiger partial charge in [-0.25, -0.2) is 0 Å². The molecule has 0 amide bonds. The van der Waals surface area contributed by atoms with Gasteiger partial charge in [-0.3, -0.25) is 9.78 Å².